The Morgan fingerprint density at radius 2 is 1.61 bits per heavy atom. The molecule has 0 aliphatic carbocycles. The molecule has 1 aliphatic heterocycles. The fourth-order valence-corrected chi connectivity index (χ4v) is 3.65. The molecule has 0 saturated carbocycles. The van der Waals surface area contributed by atoms with Gasteiger partial charge in [0, 0.05) is 50.0 Å². The Hall–Kier alpha value is -3.75. The Labute approximate surface area is 211 Å². The summed E-state index contributed by atoms with van der Waals surface area (Å²) >= 11 is 0. The van der Waals surface area contributed by atoms with E-state index in [1.165, 1.54) is 12.1 Å². The maximum atomic E-state index is 14.0. The van der Waals surface area contributed by atoms with E-state index in [0.29, 0.717) is 18.7 Å². The highest BCUT2D eigenvalue weighted by atomic mass is 19.4. The summed E-state index contributed by atoms with van der Waals surface area (Å²) in [4.78, 5) is 15.4. The van der Waals surface area contributed by atoms with Crippen LogP contribution in [0.25, 0.3) is 0 Å². The zero-order valence-electron chi connectivity index (χ0n) is 19.5. The minimum absolute atomic E-state index is 0.0510. The summed E-state index contributed by atoms with van der Waals surface area (Å²) in [5.74, 6) is -1.74. The molecule has 38 heavy (non-hydrogen) atoms. The number of nitrogens with one attached hydrogen (secondary N) is 1. The maximum absolute atomic E-state index is 14.0. The van der Waals surface area contributed by atoms with Crippen molar-refractivity contribution in [2.45, 2.75) is 18.9 Å². The molecule has 0 unspecified atom stereocenters. The smallest absolute Gasteiger partial charge is 0.422 e. The van der Waals surface area contributed by atoms with Crippen molar-refractivity contribution >= 4 is 17.6 Å². The lowest BCUT2D eigenvalue weighted by atomic mass is 10.2. The van der Waals surface area contributed by atoms with Crippen molar-refractivity contribution in [1.29, 1.82) is 0 Å². The quantitative estimate of drug-likeness (QED) is 0.409. The lowest BCUT2D eigenvalue weighted by Gasteiger charge is -2.34. The molecule has 0 bridgehead atoms. The number of alkyl halides is 6. The summed E-state index contributed by atoms with van der Waals surface area (Å²) in [7, 11) is 0. The molecule has 7 nitrogen and oxygen atoms in total. The average molecular weight is 548 g/mol. The normalized spacial score (nSPS) is 15.0. The summed E-state index contributed by atoms with van der Waals surface area (Å²) in [6.07, 6.45) is -9.29. The van der Waals surface area contributed by atoms with Gasteiger partial charge in [-0.25, -0.2) is 8.78 Å². The van der Waals surface area contributed by atoms with E-state index in [2.05, 4.69) is 25.0 Å². The van der Waals surface area contributed by atoms with Gasteiger partial charge in [-0.15, -0.1) is 0 Å². The summed E-state index contributed by atoms with van der Waals surface area (Å²) in [5, 5.41) is 2.55. The molecule has 0 radical (unpaired) electrons. The van der Waals surface area contributed by atoms with Crippen molar-refractivity contribution < 1.29 is 39.9 Å². The number of halogens is 8. The summed E-state index contributed by atoms with van der Waals surface area (Å²) in [6.45, 7) is -0.131. The molecule has 2 heterocycles. The van der Waals surface area contributed by atoms with E-state index in [1.54, 1.807) is 4.90 Å². The van der Waals surface area contributed by atoms with Gasteiger partial charge in [-0.1, -0.05) is 12.1 Å². The summed E-state index contributed by atoms with van der Waals surface area (Å²) in [6, 6.07) is 6.74. The van der Waals surface area contributed by atoms with Gasteiger partial charge in [-0.05, 0) is 24.3 Å². The van der Waals surface area contributed by atoms with Crippen LogP contribution in [0.4, 0.5) is 52.7 Å². The van der Waals surface area contributed by atoms with Crippen LogP contribution in [0.3, 0.4) is 0 Å². The number of rotatable bonds is 7. The largest absolute Gasteiger partial charge is 0.454 e. The molecule has 1 N–H and O–H groups in total. The first kappa shape index (κ1) is 27.3. The molecule has 15 heteroatoms. The van der Waals surface area contributed by atoms with Crippen molar-refractivity contribution in [3.05, 3.63) is 65.2 Å². The monoisotopic (exact) mass is 548 g/mol. The number of benzene rings is 2. The van der Waals surface area contributed by atoms with Crippen molar-refractivity contribution in [2.24, 2.45) is 0 Å². The lowest BCUT2D eigenvalue weighted by molar-refractivity contribution is -0.154. The molecule has 0 amide bonds. The van der Waals surface area contributed by atoms with Gasteiger partial charge in [0.2, 0.25) is 11.9 Å². The molecule has 1 aliphatic rings. The van der Waals surface area contributed by atoms with Crippen LogP contribution in [0.1, 0.15) is 11.1 Å². The molecular weight excluding hydrogens is 528 g/mol. The fraction of sp³-hybridized carbons (Fsp3) is 0.348. The van der Waals surface area contributed by atoms with Crippen LogP contribution >= 0.6 is 0 Å². The standard InChI is InChI=1S/C23H20F8N6O/c24-16-5-4-14(18(25)11-16)12-36-6-8-37(9-7-36)20-33-19(34-21(35-20)38-13-22(26,27)28)32-17-3-1-2-15(10-17)23(29,30)31/h1-5,10-11H,6-9,12-13H2,(H,32,33,34,35). The molecule has 2 aromatic carbocycles. The second-order valence-electron chi connectivity index (χ2n) is 8.35. The molecule has 3 aromatic rings. The molecular formula is C23H20F8N6O. The van der Waals surface area contributed by atoms with E-state index in [0.717, 1.165) is 30.3 Å². The number of hydrogen-bond acceptors (Lipinski definition) is 7. The minimum atomic E-state index is -4.68. The van der Waals surface area contributed by atoms with E-state index in [4.69, 9.17) is 0 Å². The third kappa shape index (κ3) is 7.40. The third-order valence-corrected chi connectivity index (χ3v) is 5.48. The van der Waals surface area contributed by atoms with Crippen LogP contribution in [0.5, 0.6) is 6.01 Å². The van der Waals surface area contributed by atoms with Crippen LogP contribution in [0.15, 0.2) is 42.5 Å². The van der Waals surface area contributed by atoms with Gasteiger partial charge in [0.05, 0.1) is 5.56 Å². The zero-order valence-corrected chi connectivity index (χ0v) is 19.5. The molecule has 1 aromatic heterocycles. The van der Waals surface area contributed by atoms with E-state index >= 15 is 0 Å². The summed E-state index contributed by atoms with van der Waals surface area (Å²) in [5.41, 5.74) is -0.695. The Kier molecular flexibility index (Phi) is 7.85. The van der Waals surface area contributed by atoms with Gasteiger partial charge in [0.1, 0.15) is 11.6 Å². The molecule has 1 fully saturated rings. The predicted molar refractivity (Wildman–Crippen MR) is 120 cm³/mol. The Morgan fingerprint density at radius 3 is 2.26 bits per heavy atom. The molecule has 4 rings (SSSR count). The number of hydrogen-bond donors (Lipinski definition) is 1. The number of nitrogens with zero attached hydrogens (tertiary/aromatic N) is 5. The SMILES string of the molecule is Fc1ccc(CN2CCN(c3nc(Nc4cccc(C(F)(F)F)c4)nc(OCC(F)(F)F)n3)CC2)c(F)c1. The van der Waals surface area contributed by atoms with Gasteiger partial charge in [-0.2, -0.15) is 41.3 Å². The van der Waals surface area contributed by atoms with Crippen LogP contribution in [0, 0.1) is 11.6 Å². The first-order valence-electron chi connectivity index (χ1n) is 11.2. The first-order valence-corrected chi connectivity index (χ1v) is 11.2. The van der Waals surface area contributed by atoms with Crippen LogP contribution in [-0.2, 0) is 12.7 Å². The second kappa shape index (κ2) is 10.9. The Bertz CT molecular complexity index is 1260. The van der Waals surface area contributed by atoms with Gasteiger partial charge >= 0.3 is 18.4 Å². The fourth-order valence-electron chi connectivity index (χ4n) is 3.65. The topological polar surface area (TPSA) is 66.4 Å². The van der Waals surface area contributed by atoms with E-state index in [1.807, 2.05) is 4.90 Å². The summed E-state index contributed by atoms with van der Waals surface area (Å²) < 4.78 is 109. The highest BCUT2D eigenvalue weighted by molar-refractivity contribution is 5.56. The second-order valence-corrected chi connectivity index (χ2v) is 8.35. The van der Waals surface area contributed by atoms with Crippen LogP contribution < -0.4 is 15.0 Å². The van der Waals surface area contributed by atoms with Gasteiger partial charge in [-0.3, -0.25) is 4.90 Å². The highest BCUT2D eigenvalue weighted by Gasteiger charge is 2.31. The Balaban J connectivity index is 1.51. The zero-order chi connectivity index (χ0) is 27.5. The molecule has 0 spiro atoms. The van der Waals surface area contributed by atoms with Crippen LogP contribution in [0.2, 0.25) is 0 Å². The minimum Gasteiger partial charge on any atom is -0.454 e. The number of aromatic nitrogens is 3. The Morgan fingerprint density at radius 1 is 0.868 bits per heavy atom. The lowest BCUT2D eigenvalue weighted by Crippen LogP contribution is -2.46. The maximum Gasteiger partial charge on any atom is 0.422 e. The number of piperazine rings is 1. The van der Waals surface area contributed by atoms with Gasteiger partial charge in [0.15, 0.2) is 6.61 Å². The van der Waals surface area contributed by atoms with Crippen molar-refractivity contribution in [3.8, 4) is 6.01 Å². The molecule has 0 atom stereocenters. The van der Waals surface area contributed by atoms with E-state index in [9.17, 15) is 35.1 Å². The number of anilines is 3. The average Bonchev–Trinajstić information content (AvgIpc) is 2.84. The van der Waals surface area contributed by atoms with Gasteiger partial charge in [0.25, 0.3) is 0 Å². The van der Waals surface area contributed by atoms with E-state index < -0.39 is 42.2 Å². The highest BCUT2D eigenvalue weighted by Crippen LogP contribution is 2.31. The number of ether oxygens (including phenoxy) is 1. The molecule has 1 saturated heterocycles. The van der Waals surface area contributed by atoms with Crippen molar-refractivity contribution in [1.82, 2.24) is 19.9 Å². The first-order chi connectivity index (χ1) is 17.9. The van der Waals surface area contributed by atoms with Crippen LogP contribution in [-0.4, -0.2) is 58.8 Å². The van der Waals surface area contributed by atoms with Crippen molar-refractivity contribution in [3.63, 3.8) is 0 Å². The van der Waals surface area contributed by atoms with Crippen molar-refractivity contribution in [2.75, 3.05) is 43.0 Å². The molecule has 204 valence electrons. The van der Waals surface area contributed by atoms with E-state index in [-0.39, 0.29) is 37.2 Å². The third-order valence-electron chi connectivity index (χ3n) is 5.48. The van der Waals surface area contributed by atoms with Gasteiger partial charge < -0.3 is 15.0 Å². The predicted octanol–water partition coefficient (Wildman–Crippen LogP) is 5.18.